The summed E-state index contributed by atoms with van der Waals surface area (Å²) in [7, 11) is 5.19. The van der Waals surface area contributed by atoms with Crippen LogP contribution in [0.3, 0.4) is 0 Å². The topological polar surface area (TPSA) is 117 Å². The molecule has 5 rings (SSSR count). The van der Waals surface area contributed by atoms with Crippen LogP contribution in [-0.4, -0.2) is 50.1 Å². The van der Waals surface area contributed by atoms with Gasteiger partial charge in [0.25, 0.3) is 11.8 Å². The number of amides is 3. The van der Waals surface area contributed by atoms with Crippen molar-refractivity contribution in [2.75, 3.05) is 36.7 Å². The Morgan fingerprint density at radius 3 is 2.24 bits per heavy atom. The molecule has 1 atom stereocenters. The summed E-state index contributed by atoms with van der Waals surface area (Å²) in [5, 5.41) is 10.2. The van der Waals surface area contributed by atoms with E-state index < -0.39 is 23.0 Å². The van der Waals surface area contributed by atoms with E-state index in [0.29, 0.717) is 27.4 Å². The third-order valence-corrected chi connectivity index (χ3v) is 9.79. The molecule has 11 heteroatoms. The van der Waals surface area contributed by atoms with E-state index in [0.717, 1.165) is 27.3 Å². The van der Waals surface area contributed by atoms with Crippen molar-refractivity contribution in [3.63, 3.8) is 0 Å². The van der Waals surface area contributed by atoms with Crippen molar-refractivity contribution in [3.05, 3.63) is 136 Å². The highest BCUT2D eigenvalue weighted by Gasteiger charge is 2.24. The standard InChI is InChI=1S/C40H38N4O5S2/c1-25-14-18-28(19-15-25)33-24-50-39(35(33)40(48)49-5)43-36(45)26(2)51-32-13-9-12-30(23-32)41-38(47)34(42-37(46)29-10-7-6-8-11-29)22-27-16-20-31(21-17-27)44(3)4/h6-24,26H,1-5H3,(H,41,47)(H,42,46)(H,43,45)/b34-22+. The molecule has 3 amide bonds. The number of hydrogen-bond acceptors (Lipinski definition) is 8. The second kappa shape index (κ2) is 16.8. The van der Waals surface area contributed by atoms with Crippen molar-refractivity contribution in [1.82, 2.24) is 5.32 Å². The summed E-state index contributed by atoms with van der Waals surface area (Å²) < 4.78 is 5.06. The summed E-state index contributed by atoms with van der Waals surface area (Å²) in [4.78, 5) is 55.6. The van der Waals surface area contributed by atoms with E-state index in [2.05, 4.69) is 16.0 Å². The normalized spacial score (nSPS) is 11.7. The first-order chi connectivity index (χ1) is 24.5. The Morgan fingerprint density at radius 1 is 0.863 bits per heavy atom. The van der Waals surface area contributed by atoms with E-state index in [1.807, 2.05) is 92.0 Å². The van der Waals surface area contributed by atoms with E-state index in [-0.39, 0.29) is 11.6 Å². The van der Waals surface area contributed by atoms with E-state index in [9.17, 15) is 19.2 Å². The van der Waals surface area contributed by atoms with Crippen LogP contribution in [0.2, 0.25) is 0 Å². The van der Waals surface area contributed by atoms with Crippen molar-refractivity contribution in [3.8, 4) is 11.1 Å². The highest BCUT2D eigenvalue weighted by atomic mass is 32.2. The maximum Gasteiger partial charge on any atom is 0.341 e. The molecular formula is C40H38N4O5S2. The number of benzene rings is 4. The van der Waals surface area contributed by atoms with E-state index in [4.69, 9.17) is 4.74 Å². The first-order valence-corrected chi connectivity index (χ1v) is 17.8. The van der Waals surface area contributed by atoms with Gasteiger partial charge in [-0.25, -0.2) is 4.79 Å². The van der Waals surface area contributed by atoms with Gasteiger partial charge in [0.15, 0.2) is 0 Å². The Labute approximate surface area is 305 Å². The molecule has 0 bridgehead atoms. The molecule has 51 heavy (non-hydrogen) atoms. The minimum absolute atomic E-state index is 0.0645. The first kappa shape index (κ1) is 36.6. The molecule has 5 aromatic rings. The van der Waals surface area contributed by atoms with Gasteiger partial charge in [0.05, 0.1) is 12.4 Å². The van der Waals surface area contributed by atoms with Crippen molar-refractivity contribution in [2.24, 2.45) is 0 Å². The molecule has 0 aliphatic heterocycles. The average Bonchev–Trinajstić information content (AvgIpc) is 3.55. The number of hydrogen-bond donors (Lipinski definition) is 3. The van der Waals surface area contributed by atoms with E-state index >= 15 is 0 Å². The monoisotopic (exact) mass is 718 g/mol. The molecular weight excluding hydrogens is 681 g/mol. The van der Waals surface area contributed by atoms with Gasteiger partial charge in [0.1, 0.15) is 16.3 Å². The lowest BCUT2D eigenvalue weighted by atomic mass is 10.0. The molecule has 0 aliphatic carbocycles. The zero-order valence-corrected chi connectivity index (χ0v) is 30.5. The number of nitrogens with one attached hydrogen (secondary N) is 3. The van der Waals surface area contributed by atoms with Gasteiger partial charge in [-0.05, 0) is 73.5 Å². The lowest BCUT2D eigenvalue weighted by Crippen LogP contribution is -2.30. The number of aryl methyl sites for hydroxylation is 1. The lowest BCUT2D eigenvalue weighted by Gasteiger charge is -2.15. The molecule has 1 aromatic heterocycles. The number of rotatable bonds is 12. The fourth-order valence-corrected chi connectivity index (χ4v) is 6.88. The van der Waals surface area contributed by atoms with E-state index in [1.54, 1.807) is 55.5 Å². The predicted octanol–water partition coefficient (Wildman–Crippen LogP) is 8.11. The summed E-state index contributed by atoms with van der Waals surface area (Å²) in [6, 6.07) is 31.1. The highest BCUT2D eigenvalue weighted by Crippen LogP contribution is 2.37. The Balaban J connectivity index is 1.30. The number of ether oxygens (including phenoxy) is 1. The van der Waals surface area contributed by atoms with Crippen molar-refractivity contribution < 1.29 is 23.9 Å². The third-order valence-electron chi connectivity index (χ3n) is 7.80. The molecule has 4 aromatic carbocycles. The summed E-state index contributed by atoms with van der Waals surface area (Å²) >= 11 is 2.56. The lowest BCUT2D eigenvalue weighted by molar-refractivity contribution is -0.115. The molecule has 9 nitrogen and oxygen atoms in total. The van der Waals surface area contributed by atoms with Crippen LogP contribution in [0.5, 0.6) is 0 Å². The molecule has 0 saturated heterocycles. The molecule has 0 fully saturated rings. The smallest absolute Gasteiger partial charge is 0.341 e. The molecule has 0 saturated carbocycles. The summed E-state index contributed by atoms with van der Waals surface area (Å²) in [6.07, 6.45) is 1.62. The van der Waals surface area contributed by atoms with Gasteiger partial charge in [-0.3, -0.25) is 14.4 Å². The second-order valence-corrected chi connectivity index (χ2v) is 14.1. The molecule has 0 aliphatic rings. The van der Waals surface area contributed by atoms with Crippen molar-refractivity contribution >= 4 is 69.2 Å². The fraction of sp³-hybridized carbons (Fsp3) is 0.150. The predicted molar refractivity (Wildman–Crippen MR) is 208 cm³/mol. The number of nitrogens with zero attached hydrogens (tertiary/aromatic N) is 1. The maximum atomic E-state index is 13.6. The second-order valence-electron chi connectivity index (χ2n) is 11.8. The van der Waals surface area contributed by atoms with Crippen LogP contribution in [0.15, 0.2) is 119 Å². The van der Waals surface area contributed by atoms with Crippen molar-refractivity contribution in [1.29, 1.82) is 0 Å². The van der Waals surface area contributed by atoms with Crippen LogP contribution in [0.4, 0.5) is 16.4 Å². The van der Waals surface area contributed by atoms with Crippen LogP contribution in [0.25, 0.3) is 17.2 Å². The number of esters is 1. The van der Waals surface area contributed by atoms with Crippen LogP contribution in [-0.2, 0) is 14.3 Å². The zero-order chi connectivity index (χ0) is 36.5. The van der Waals surface area contributed by atoms with E-state index in [1.165, 1.54) is 30.2 Å². The number of carbonyl (C=O) groups excluding carboxylic acids is 4. The highest BCUT2D eigenvalue weighted by molar-refractivity contribution is 8.00. The van der Waals surface area contributed by atoms with Gasteiger partial charge in [-0.2, -0.15) is 0 Å². The van der Waals surface area contributed by atoms with Gasteiger partial charge in [0.2, 0.25) is 5.91 Å². The summed E-state index contributed by atoms with van der Waals surface area (Å²) in [6.45, 7) is 3.75. The van der Waals surface area contributed by atoms with Crippen LogP contribution in [0, 0.1) is 6.92 Å². The third kappa shape index (κ3) is 9.53. The van der Waals surface area contributed by atoms with Gasteiger partial charge in [0, 0.05) is 46.9 Å². The SMILES string of the molecule is COC(=O)c1c(-c2ccc(C)cc2)csc1NC(=O)C(C)Sc1cccc(NC(=O)/C(=C\c2ccc(N(C)C)cc2)NC(=O)c2ccccc2)c1. The Bertz CT molecular complexity index is 2060. The molecule has 1 heterocycles. The Hall–Kier alpha value is -5.65. The van der Waals surface area contributed by atoms with Crippen LogP contribution < -0.4 is 20.9 Å². The number of thioether (sulfide) groups is 1. The summed E-state index contributed by atoms with van der Waals surface area (Å²) in [5.41, 5.74) is 5.61. The summed E-state index contributed by atoms with van der Waals surface area (Å²) in [5.74, 6) is -1.77. The molecule has 3 N–H and O–H groups in total. The average molecular weight is 719 g/mol. The maximum absolute atomic E-state index is 13.6. The van der Waals surface area contributed by atoms with Gasteiger partial charge in [-0.1, -0.05) is 66.2 Å². The minimum atomic E-state index is -0.558. The molecule has 260 valence electrons. The molecule has 1 unspecified atom stereocenters. The van der Waals surface area contributed by atoms with Crippen LogP contribution in [0.1, 0.15) is 38.8 Å². The Morgan fingerprint density at radius 2 is 1.57 bits per heavy atom. The number of anilines is 3. The Kier molecular flexibility index (Phi) is 12.1. The van der Waals surface area contributed by atoms with Crippen LogP contribution >= 0.6 is 23.1 Å². The van der Waals surface area contributed by atoms with Gasteiger partial charge < -0.3 is 25.6 Å². The first-order valence-electron chi connectivity index (χ1n) is 16.0. The quantitative estimate of drug-likeness (QED) is 0.0678. The molecule has 0 spiro atoms. The van der Waals surface area contributed by atoms with Gasteiger partial charge in [-0.15, -0.1) is 23.1 Å². The number of thiophene rings is 1. The zero-order valence-electron chi connectivity index (χ0n) is 28.9. The number of methoxy groups -OCH3 is 1. The fourth-order valence-electron chi connectivity index (χ4n) is 4.99. The minimum Gasteiger partial charge on any atom is -0.465 e. The molecule has 0 radical (unpaired) electrons. The number of carbonyl (C=O) groups is 4. The largest absolute Gasteiger partial charge is 0.465 e. The van der Waals surface area contributed by atoms with Crippen molar-refractivity contribution in [2.45, 2.75) is 24.0 Å². The van der Waals surface area contributed by atoms with Gasteiger partial charge >= 0.3 is 5.97 Å².